The topological polar surface area (TPSA) is 44.1 Å². The quantitative estimate of drug-likeness (QED) is 0.172. The number of hydrogen-bond donors (Lipinski definition) is 0. The second kappa shape index (κ2) is 9.75. The van der Waals surface area contributed by atoms with Gasteiger partial charge >= 0.3 is 5.97 Å². The van der Waals surface area contributed by atoms with Gasteiger partial charge in [-0.25, -0.2) is 9.48 Å². The Hall–Kier alpha value is -3.19. The van der Waals surface area contributed by atoms with E-state index in [0.29, 0.717) is 6.61 Å². The number of hydrogen-bond acceptors (Lipinski definition) is 3. The van der Waals surface area contributed by atoms with Crippen molar-refractivity contribution in [3.8, 4) is 5.69 Å². The number of benzene rings is 3. The van der Waals surface area contributed by atoms with Crippen LogP contribution in [0.4, 0.5) is 0 Å². The Morgan fingerprint density at radius 1 is 0.968 bits per heavy atom. The highest BCUT2D eigenvalue weighted by molar-refractivity contribution is 14.1. The van der Waals surface area contributed by atoms with E-state index in [2.05, 4.69) is 58.0 Å². The van der Waals surface area contributed by atoms with E-state index in [1.54, 1.807) is 13.0 Å². The Balaban J connectivity index is 1.94. The van der Waals surface area contributed by atoms with Gasteiger partial charge in [-0.05, 0) is 77.0 Å². The molecule has 0 aliphatic carbocycles. The minimum atomic E-state index is -0.430. The second-order valence-corrected chi connectivity index (χ2v) is 8.10. The molecule has 0 saturated heterocycles. The van der Waals surface area contributed by atoms with E-state index in [4.69, 9.17) is 4.74 Å². The van der Waals surface area contributed by atoms with Gasteiger partial charge in [0, 0.05) is 9.14 Å². The summed E-state index contributed by atoms with van der Waals surface area (Å²) in [5.74, 6) is -0.430. The summed E-state index contributed by atoms with van der Waals surface area (Å²) in [7, 11) is 0. The largest absolute Gasteiger partial charge is 0.461 e. The summed E-state index contributed by atoms with van der Waals surface area (Å²) < 4.78 is 8.16. The van der Waals surface area contributed by atoms with Gasteiger partial charge in [-0.15, -0.1) is 0 Å². The van der Waals surface area contributed by atoms with Gasteiger partial charge in [0.15, 0.2) is 5.69 Å². The van der Waals surface area contributed by atoms with E-state index in [1.807, 2.05) is 65.3 Å². The van der Waals surface area contributed by atoms with Crippen molar-refractivity contribution in [3.63, 3.8) is 0 Å². The van der Waals surface area contributed by atoms with E-state index in [1.165, 1.54) is 0 Å². The highest BCUT2D eigenvalue weighted by Crippen LogP contribution is 2.29. The molecule has 31 heavy (non-hydrogen) atoms. The maximum absolute atomic E-state index is 12.5. The summed E-state index contributed by atoms with van der Waals surface area (Å²) in [6.45, 7) is 2.09. The maximum atomic E-state index is 12.5. The third kappa shape index (κ3) is 4.94. The molecule has 0 unspecified atom stereocenters. The van der Waals surface area contributed by atoms with E-state index < -0.39 is 5.97 Å². The first-order chi connectivity index (χ1) is 15.2. The first-order valence-electron chi connectivity index (χ1n) is 10.0. The van der Waals surface area contributed by atoms with Crippen molar-refractivity contribution in [2.45, 2.75) is 6.92 Å². The normalized spacial score (nSPS) is 11.4. The van der Waals surface area contributed by atoms with Crippen molar-refractivity contribution in [1.82, 2.24) is 9.78 Å². The van der Waals surface area contributed by atoms with Crippen molar-refractivity contribution in [1.29, 1.82) is 0 Å². The van der Waals surface area contributed by atoms with Crippen LogP contribution in [-0.4, -0.2) is 22.4 Å². The van der Waals surface area contributed by atoms with Crippen molar-refractivity contribution < 1.29 is 9.53 Å². The predicted molar refractivity (Wildman–Crippen MR) is 132 cm³/mol. The molecule has 3 aromatic carbocycles. The fourth-order valence-corrected chi connectivity index (χ4v) is 3.66. The third-order valence-electron chi connectivity index (χ3n) is 4.74. The van der Waals surface area contributed by atoms with Crippen LogP contribution in [0.3, 0.4) is 0 Å². The van der Waals surface area contributed by atoms with Gasteiger partial charge in [-0.1, -0.05) is 60.7 Å². The summed E-state index contributed by atoms with van der Waals surface area (Å²) in [5.41, 5.74) is 5.04. The van der Waals surface area contributed by atoms with Gasteiger partial charge in [-0.2, -0.15) is 5.10 Å². The number of nitrogens with zero attached hydrogens (tertiary/aromatic N) is 2. The number of aromatic nitrogens is 2. The molecule has 0 radical (unpaired) electrons. The van der Waals surface area contributed by atoms with Gasteiger partial charge in [0.1, 0.15) is 0 Å². The summed E-state index contributed by atoms with van der Waals surface area (Å²) in [6.07, 6.45) is 2.12. The van der Waals surface area contributed by atoms with E-state index >= 15 is 0 Å². The molecule has 4 aromatic rings. The summed E-state index contributed by atoms with van der Waals surface area (Å²) in [5, 5.41) is 4.62. The molecule has 0 atom stereocenters. The summed E-state index contributed by atoms with van der Waals surface area (Å²) in [6, 6.07) is 30.1. The van der Waals surface area contributed by atoms with E-state index in [0.717, 1.165) is 31.7 Å². The molecule has 0 fully saturated rings. The molecule has 5 heteroatoms. The fourth-order valence-electron chi connectivity index (χ4n) is 3.30. The highest BCUT2D eigenvalue weighted by atomic mass is 127. The molecule has 0 aliphatic rings. The van der Waals surface area contributed by atoms with Crippen LogP contribution in [0.5, 0.6) is 0 Å². The van der Waals surface area contributed by atoms with Gasteiger partial charge in [-0.3, -0.25) is 0 Å². The van der Waals surface area contributed by atoms with Crippen LogP contribution in [0.2, 0.25) is 0 Å². The van der Waals surface area contributed by atoms with E-state index in [-0.39, 0.29) is 5.69 Å². The monoisotopic (exact) mass is 520 g/mol. The number of halogens is 1. The molecule has 0 saturated carbocycles. The number of esters is 1. The van der Waals surface area contributed by atoms with Gasteiger partial charge in [0.25, 0.3) is 0 Å². The third-order valence-corrected chi connectivity index (χ3v) is 5.46. The molecular formula is C26H21IN2O2. The molecule has 4 nitrogen and oxygen atoms in total. The lowest BCUT2D eigenvalue weighted by molar-refractivity contribution is 0.0519. The van der Waals surface area contributed by atoms with Crippen molar-refractivity contribution in [3.05, 3.63) is 117 Å². The van der Waals surface area contributed by atoms with Crippen LogP contribution in [-0.2, 0) is 4.74 Å². The summed E-state index contributed by atoms with van der Waals surface area (Å²) >= 11 is 2.27. The standard InChI is InChI=1S/C26H21IN2O2/c1-2-31-26(30)24-18-25(29(28-24)22-15-13-21(27)14-16-22)23(20-11-7-4-8-12-20)17-19-9-5-3-6-10-19/h3-18H,2H2,1H3/b23-17+. The zero-order chi connectivity index (χ0) is 21.6. The molecular weight excluding hydrogens is 499 g/mol. The minimum Gasteiger partial charge on any atom is -0.461 e. The van der Waals surface area contributed by atoms with Crippen molar-refractivity contribution >= 4 is 40.2 Å². The summed E-state index contributed by atoms with van der Waals surface area (Å²) in [4.78, 5) is 12.5. The molecule has 0 spiro atoms. The number of carbonyl (C=O) groups is 1. The average molecular weight is 520 g/mol. The number of rotatable bonds is 6. The van der Waals surface area contributed by atoms with Crippen LogP contribution < -0.4 is 0 Å². The first kappa shape index (κ1) is 21.1. The van der Waals surface area contributed by atoms with E-state index in [9.17, 15) is 4.79 Å². The average Bonchev–Trinajstić information content (AvgIpc) is 3.25. The molecule has 4 rings (SSSR count). The van der Waals surface area contributed by atoms with Gasteiger partial charge in [0.05, 0.1) is 18.0 Å². The Labute approximate surface area is 195 Å². The Morgan fingerprint density at radius 3 is 2.26 bits per heavy atom. The Bertz CT molecular complexity index is 1200. The van der Waals surface area contributed by atoms with Crippen LogP contribution >= 0.6 is 22.6 Å². The fraction of sp³-hybridized carbons (Fsp3) is 0.0769. The Kier molecular flexibility index (Phi) is 6.62. The van der Waals surface area contributed by atoms with Gasteiger partial charge in [0.2, 0.25) is 0 Å². The lowest BCUT2D eigenvalue weighted by atomic mass is 9.99. The smallest absolute Gasteiger partial charge is 0.358 e. The number of ether oxygens (including phenoxy) is 1. The molecule has 0 aliphatic heterocycles. The number of carbonyl (C=O) groups excluding carboxylic acids is 1. The molecule has 154 valence electrons. The molecule has 1 aromatic heterocycles. The molecule has 0 bridgehead atoms. The zero-order valence-corrected chi connectivity index (χ0v) is 19.2. The lowest BCUT2D eigenvalue weighted by Gasteiger charge is -2.12. The second-order valence-electron chi connectivity index (χ2n) is 6.86. The van der Waals surface area contributed by atoms with Crippen LogP contribution in [0.15, 0.2) is 91.0 Å². The lowest BCUT2D eigenvalue weighted by Crippen LogP contribution is -2.07. The molecule has 0 N–H and O–H groups in total. The van der Waals surface area contributed by atoms with Crippen molar-refractivity contribution in [2.75, 3.05) is 6.61 Å². The molecule has 1 heterocycles. The zero-order valence-electron chi connectivity index (χ0n) is 17.0. The van der Waals surface area contributed by atoms with Crippen molar-refractivity contribution in [2.24, 2.45) is 0 Å². The SMILES string of the molecule is CCOC(=O)c1cc(/C(=C/c2ccccc2)c2ccccc2)n(-c2ccc(I)cc2)n1. The van der Waals surface area contributed by atoms with Crippen LogP contribution in [0.1, 0.15) is 34.2 Å². The van der Waals surface area contributed by atoms with Crippen LogP contribution in [0.25, 0.3) is 17.3 Å². The van der Waals surface area contributed by atoms with Gasteiger partial charge < -0.3 is 4.74 Å². The predicted octanol–water partition coefficient (Wildman–Crippen LogP) is 6.24. The van der Waals surface area contributed by atoms with Crippen LogP contribution in [0, 0.1) is 3.57 Å². The maximum Gasteiger partial charge on any atom is 0.358 e. The molecule has 0 amide bonds. The first-order valence-corrected chi connectivity index (χ1v) is 11.1. The minimum absolute atomic E-state index is 0.283. The highest BCUT2D eigenvalue weighted by Gasteiger charge is 2.20. The Morgan fingerprint density at radius 2 is 1.61 bits per heavy atom.